The summed E-state index contributed by atoms with van der Waals surface area (Å²) in [4.78, 5) is 0. The monoisotopic (exact) mass is 259 g/mol. The maximum atomic E-state index is 5.20. The van der Waals surface area contributed by atoms with Gasteiger partial charge in [0.05, 0.1) is 7.11 Å². The minimum atomic E-state index is 0.567. The summed E-state index contributed by atoms with van der Waals surface area (Å²) in [7, 11) is 1.72. The van der Waals surface area contributed by atoms with E-state index in [1.54, 1.807) is 7.11 Å². The third kappa shape index (κ3) is 2.94. The molecule has 2 aliphatic rings. The highest BCUT2D eigenvalue weighted by Gasteiger charge is 2.39. The highest BCUT2D eigenvalue weighted by atomic mass is 16.5. The number of fused-ring (bicyclic) bond motifs is 2. The third-order valence-electron chi connectivity index (χ3n) is 4.94. The van der Waals surface area contributed by atoms with Crippen molar-refractivity contribution in [1.82, 2.24) is 5.32 Å². The molecule has 2 bridgehead atoms. The Morgan fingerprint density at radius 1 is 1.21 bits per heavy atom. The molecule has 0 spiro atoms. The summed E-state index contributed by atoms with van der Waals surface area (Å²) in [5.74, 6) is 2.93. The molecule has 0 radical (unpaired) electrons. The molecule has 1 aromatic rings. The predicted molar refractivity (Wildman–Crippen MR) is 78.5 cm³/mol. The smallest absolute Gasteiger partial charge is 0.118 e. The van der Waals surface area contributed by atoms with Crippen molar-refractivity contribution in [1.29, 1.82) is 0 Å². The SMILES string of the molecule is COc1ccc(CC(C)NC2CC3CCC2C3)cc1. The first-order chi connectivity index (χ1) is 9.24. The number of methoxy groups -OCH3 is 1. The standard InChI is InChI=1S/C17H25NO/c1-12(9-13-4-7-16(19-2)8-5-13)18-17-11-14-3-6-15(17)10-14/h4-5,7-8,12,14-15,17-18H,3,6,9-11H2,1-2H3. The Hall–Kier alpha value is -1.02. The van der Waals surface area contributed by atoms with Crippen LogP contribution in [0, 0.1) is 11.8 Å². The number of hydrogen-bond donors (Lipinski definition) is 1. The molecule has 1 aromatic carbocycles. The quantitative estimate of drug-likeness (QED) is 0.875. The van der Waals surface area contributed by atoms with Crippen LogP contribution in [0.1, 0.15) is 38.2 Å². The van der Waals surface area contributed by atoms with Crippen LogP contribution in [0.4, 0.5) is 0 Å². The van der Waals surface area contributed by atoms with Crippen LogP contribution in [-0.4, -0.2) is 19.2 Å². The minimum absolute atomic E-state index is 0.567. The summed E-state index contributed by atoms with van der Waals surface area (Å²) in [6, 6.07) is 9.82. The molecule has 0 aromatic heterocycles. The topological polar surface area (TPSA) is 21.3 Å². The largest absolute Gasteiger partial charge is 0.497 e. The van der Waals surface area contributed by atoms with Crippen LogP contribution < -0.4 is 10.1 Å². The molecule has 3 rings (SSSR count). The average molecular weight is 259 g/mol. The number of rotatable bonds is 5. The van der Waals surface area contributed by atoms with Gasteiger partial charge < -0.3 is 10.1 Å². The molecule has 0 amide bonds. The molecule has 104 valence electrons. The Balaban J connectivity index is 1.51. The maximum Gasteiger partial charge on any atom is 0.118 e. The Labute approximate surface area is 116 Å². The van der Waals surface area contributed by atoms with Crippen molar-refractivity contribution in [3.8, 4) is 5.75 Å². The summed E-state index contributed by atoms with van der Waals surface area (Å²) in [6.45, 7) is 2.32. The molecule has 0 saturated heterocycles. The van der Waals surface area contributed by atoms with E-state index in [9.17, 15) is 0 Å². The molecule has 2 aliphatic carbocycles. The van der Waals surface area contributed by atoms with Crippen molar-refractivity contribution >= 4 is 0 Å². The number of hydrogen-bond acceptors (Lipinski definition) is 2. The fourth-order valence-electron chi connectivity index (χ4n) is 3.99. The van der Waals surface area contributed by atoms with Crippen molar-refractivity contribution in [2.24, 2.45) is 11.8 Å². The zero-order valence-electron chi connectivity index (χ0n) is 12.1. The van der Waals surface area contributed by atoms with E-state index in [2.05, 4.69) is 36.5 Å². The number of benzene rings is 1. The predicted octanol–water partition coefficient (Wildman–Crippen LogP) is 3.40. The van der Waals surface area contributed by atoms with Gasteiger partial charge in [0, 0.05) is 12.1 Å². The van der Waals surface area contributed by atoms with Gasteiger partial charge in [-0.05, 0) is 62.1 Å². The van der Waals surface area contributed by atoms with Crippen LogP contribution in [-0.2, 0) is 6.42 Å². The number of ether oxygens (including phenoxy) is 1. The van der Waals surface area contributed by atoms with Crippen LogP contribution in [0.2, 0.25) is 0 Å². The number of nitrogens with one attached hydrogen (secondary N) is 1. The van der Waals surface area contributed by atoms with Crippen LogP contribution in [0.25, 0.3) is 0 Å². The molecule has 0 heterocycles. The molecule has 4 unspecified atom stereocenters. The van der Waals surface area contributed by atoms with Gasteiger partial charge in [0.15, 0.2) is 0 Å². The summed E-state index contributed by atoms with van der Waals surface area (Å²) in [5, 5.41) is 3.86. The van der Waals surface area contributed by atoms with Gasteiger partial charge in [-0.1, -0.05) is 18.6 Å². The van der Waals surface area contributed by atoms with Crippen molar-refractivity contribution in [2.75, 3.05) is 7.11 Å². The van der Waals surface area contributed by atoms with Crippen LogP contribution >= 0.6 is 0 Å². The van der Waals surface area contributed by atoms with Crippen LogP contribution in [0.3, 0.4) is 0 Å². The van der Waals surface area contributed by atoms with Gasteiger partial charge in [-0.15, -0.1) is 0 Å². The Morgan fingerprint density at radius 3 is 2.58 bits per heavy atom. The van der Waals surface area contributed by atoms with Crippen molar-refractivity contribution < 1.29 is 4.74 Å². The lowest BCUT2D eigenvalue weighted by Crippen LogP contribution is -2.40. The molecule has 1 N–H and O–H groups in total. The van der Waals surface area contributed by atoms with Crippen LogP contribution in [0.5, 0.6) is 5.75 Å². The molecule has 4 atom stereocenters. The zero-order valence-corrected chi connectivity index (χ0v) is 12.1. The summed E-state index contributed by atoms with van der Waals surface area (Å²) in [6.07, 6.45) is 6.94. The Bertz CT molecular complexity index is 414. The molecule has 2 saturated carbocycles. The van der Waals surface area contributed by atoms with Crippen molar-refractivity contribution in [2.45, 2.75) is 51.1 Å². The van der Waals surface area contributed by atoms with Crippen LogP contribution in [0.15, 0.2) is 24.3 Å². The highest BCUT2D eigenvalue weighted by molar-refractivity contribution is 5.27. The molecular formula is C17H25NO. The van der Waals surface area contributed by atoms with E-state index in [0.29, 0.717) is 6.04 Å². The van der Waals surface area contributed by atoms with E-state index < -0.39 is 0 Å². The summed E-state index contributed by atoms with van der Waals surface area (Å²) >= 11 is 0. The average Bonchev–Trinajstić information content (AvgIpc) is 3.02. The normalized spacial score (nSPS) is 30.5. The Morgan fingerprint density at radius 2 is 2.00 bits per heavy atom. The van der Waals surface area contributed by atoms with Gasteiger partial charge >= 0.3 is 0 Å². The minimum Gasteiger partial charge on any atom is -0.497 e. The van der Waals surface area contributed by atoms with E-state index in [-0.39, 0.29) is 0 Å². The molecule has 2 nitrogen and oxygen atoms in total. The molecule has 2 fully saturated rings. The van der Waals surface area contributed by atoms with Gasteiger partial charge in [0.2, 0.25) is 0 Å². The lowest BCUT2D eigenvalue weighted by Gasteiger charge is -2.27. The van der Waals surface area contributed by atoms with E-state index in [1.807, 2.05) is 0 Å². The second kappa shape index (κ2) is 5.54. The third-order valence-corrected chi connectivity index (χ3v) is 4.94. The van der Waals surface area contributed by atoms with Gasteiger partial charge in [-0.2, -0.15) is 0 Å². The van der Waals surface area contributed by atoms with Gasteiger partial charge in [0.25, 0.3) is 0 Å². The van der Waals surface area contributed by atoms with Crippen molar-refractivity contribution in [3.05, 3.63) is 29.8 Å². The molecule has 0 aliphatic heterocycles. The first-order valence-corrected chi connectivity index (χ1v) is 7.63. The van der Waals surface area contributed by atoms with Gasteiger partial charge in [0.1, 0.15) is 5.75 Å². The first kappa shape index (κ1) is 13.0. The molecule has 2 heteroatoms. The van der Waals surface area contributed by atoms with E-state index in [0.717, 1.165) is 30.0 Å². The highest BCUT2D eigenvalue weighted by Crippen LogP contribution is 2.44. The van der Waals surface area contributed by atoms with E-state index in [4.69, 9.17) is 4.74 Å². The van der Waals surface area contributed by atoms with Gasteiger partial charge in [-0.25, -0.2) is 0 Å². The lowest BCUT2D eigenvalue weighted by atomic mass is 9.94. The second-order valence-electron chi connectivity index (χ2n) is 6.40. The fraction of sp³-hybridized carbons (Fsp3) is 0.647. The Kier molecular flexibility index (Phi) is 3.79. The zero-order chi connectivity index (χ0) is 13.2. The van der Waals surface area contributed by atoms with Gasteiger partial charge in [-0.3, -0.25) is 0 Å². The maximum absolute atomic E-state index is 5.20. The second-order valence-corrected chi connectivity index (χ2v) is 6.40. The molecular weight excluding hydrogens is 234 g/mol. The molecule has 19 heavy (non-hydrogen) atoms. The fourth-order valence-corrected chi connectivity index (χ4v) is 3.99. The first-order valence-electron chi connectivity index (χ1n) is 7.63. The summed E-state index contributed by atoms with van der Waals surface area (Å²) in [5.41, 5.74) is 1.39. The summed E-state index contributed by atoms with van der Waals surface area (Å²) < 4.78 is 5.20. The van der Waals surface area contributed by atoms with E-state index in [1.165, 1.54) is 31.2 Å². The van der Waals surface area contributed by atoms with E-state index >= 15 is 0 Å². The van der Waals surface area contributed by atoms with Crippen molar-refractivity contribution in [3.63, 3.8) is 0 Å². The lowest BCUT2D eigenvalue weighted by molar-refractivity contribution is 0.323.